The van der Waals surface area contributed by atoms with Crippen molar-refractivity contribution in [3.05, 3.63) is 71.3 Å². The van der Waals surface area contributed by atoms with Crippen LogP contribution in [0, 0.1) is 0 Å². The Bertz CT molecular complexity index is 670. The molecule has 1 N–H and O–H groups in total. The molecular weight excluding hydrogens is 314 g/mol. The molecule has 4 heteroatoms. The third-order valence-corrected chi connectivity index (χ3v) is 5.05. The Morgan fingerprint density at radius 1 is 1.04 bits per heavy atom. The molecule has 0 bridgehead atoms. The van der Waals surface area contributed by atoms with E-state index in [0.717, 1.165) is 37.2 Å². The molecule has 0 saturated carbocycles. The molecule has 3 rings (SSSR count). The third-order valence-electron chi connectivity index (χ3n) is 4.02. The largest absolute Gasteiger partial charge is 0.352 e. The van der Waals surface area contributed by atoms with Crippen molar-refractivity contribution in [2.45, 2.75) is 32.1 Å². The van der Waals surface area contributed by atoms with Gasteiger partial charge >= 0.3 is 0 Å². The molecule has 0 fully saturated rings. The molecule has 1 aliphatic rings. The highest BCUT2D eigenvalue weighted by Gasteiger charge is 2.13. The second-order valence-electron chi connectivity index (χ2n) is 6.11. The first-order chi connectivity index (χ1) is 11.8. The van der Waals surface area contributed by atoms with Crippen LogP contribution in [0.25, 0.3) is 0 Å². The lowest BCUT2D eigenvalue weighted by Gasteiger charge is -2.26. The number of aryl methyl sites for hydroxylation is 1. The number of hydrogen-bond acceptors (Lipinski definition) is 4. The molecule has 1 aliphatic heterocycles. The van der Waals surface area contributed by atoms with E-state index in [1.807, 2.05) is 0 Å². The normalized spacial score (nSPS) is 15.0. The topological polar surface area (TPSA) is 27.6 Å². The second-order valence-corrected chi connectivity index (χ2v) is 7.08. The maximum Gasteiger partial charge on any atom is 0.159 e. The van der Waals surface area contributed by atoms with Crippen LogP contribution < -0.4 is 5.32 Å². The number of benzene rings is 2. The summed E-state index contributed by atoms with van der Waals surface area (Å²) in [5.41, 5.74) is 4.14. The molecule has 0 unspecified atom stereocenters. The van der Waals surface area contributed by atoms with Gasteiger partial charge in [-0.25, -0.2) is 4.99 Å². The van der Waals surface area contributed by atoms with Gasteiger partial charge in [-0.15, -0.1) is 0 Å². The van der Waals surface area contributed by atoms with E-state index in [0.29, 0.717) is 0 Å². The Morgan fingerprint density at radius 3 is 2.58 bits per heavy atom. The van der Waals surface area contributed by atoms with E-state index >= 15 is 0 Å². The van der Waals surface area contributed by atoms with Crippen LogP contribution in [0.5, 0.6) is 0 Å². The van der Waals surface area contributed by atoms with Gasteiger partial charge in [0.05, 0.1) is 13.3 Å². The van der Waals surface area contributed by atoms with E-state index in [1.54, 1.807) is 11.8 Å². The Morgan fingerprint density at radius 2 is 1.83 bits per heavy atom. The zero-order valence-corrected chi connectivity index (χ0v) is 15.1. The maximum atomic E-state index is 4.68. The summed E-state index contributed by atoms with van der Waals surface area (Å²) in [6.45, 7) is 4.80. The fourth-order valence-electron chi connectivity index (χ4n) is 2.81. The molecule has 24 heavy (non-hydrogen) atoms. The number of aliphatic imine (C=N–C) groups is 1. The molecule has 0 spiro atoms. The van der Waals surface area contributed by atoms with Crippen LogP contribution in [0.4, 0.5) is 0 Å². The molecule has 0 amide bonds. The predicted molar refractivity (Wildman–Crippen MR) is 104 cm³/mol. The summed E-state index contributed by atoms with van der Waals surface area (Å²) in [5, 5.41) is 4.49. The van der Waals surface area contributed by atoms with Gasteiger partial charge in [0.15, 0.2) is 5.17 Å². The SMILES string of the molecule is CCCc1cccc(CN2CN=C(SCc3ccccc3)NC2)c1. The van der Waals surface area contributed by atoms with E-state index in [1.165, 1.54) is 23.1 Å². The summed E-state index contributed by atoms with van der Waals surface area (Å²) >= 11 is 1.78. The van der Waals surface area contributed by atoms with Crippen LogP contribution in [-0.4, -0.2) is 23.4 Å². The van der Waals surface area contributed by atoms with Crippen molar-refractivity contribution in [2.75, 3.05) is 13.3 Å². The molecule has 3 nitrogen and oxygen atoms in total. The minimum Gasteiger partial charge on any atom is -0.352 e. The highest BCUT2D eigenvalue weighted by molar-refractivity contribution is 8.13. The summed E-state index contributed by atoms with van der Waals surface area (Å²) in [6.07, 6.45) is 2.35. The molecule has 2 aromatic carbocycles. The first kappa shape index (κ1) is 17.1. The molecular formula is C20H25N3S. The fraction of sp³-hybridized carbons (Fsp3) is 0.350. The van der Waals surface area contributed by atoms with Crippen LogP contribution in [0.3, 0.4) is 0 Å². The summed E-state index contributed by atoms with van der Waals surface area (Å²) in [5.74, 6) is 0.964. The average Bonchev–Trinajstić information content (AvgIpc) is 2.63. The summed E-state index contributed by atoms with van der Waals surface area (Å²) in [7, 11) is 0. The molecule has 2 aromatic rings. The Balaban J connectivity index is 1.49. The quantitative estimate of drug-likeness (QED) is 0.852. The summed E-state index contributed by atoms with van der Waals surface area (Å²) in [4.78, 5) is 7.01. The van der Waals surface area contributed by atoms with Crippen LogP contribution in [-0.2, 0) is 18.7 Å². The highest BCUT2D eigenvalue weighted by Crippen LogP contribution is 2.16. The second kappa shape index (κ2) is 8.90. The molecule has 0 saturated heterocycles. The number of amidine groups is 1. The predicted octanol–water partition coefficient (Wildman–Crippen LogP) is 4.25. The van der Waals surface area contributed by atoms with Gasteiger partial charge in [0, 0.05) is 12.3 Å². The molecule has 0 atom stereocenters. The number of hydrogen-bond donors (Lipinski definition) is 1. The third kappa shape index (κ3) is 5.11. The standard InChI is InChI=1S/C20H25N3S/c1-2-7-17-10-6-11-19(12-17)13-23-15-21-20(22-16-23)24-14-18-8-4-3-5-9-18/h3-6,8-12H,2,7,13-16H2,1H3,(H,21,22). The lowest BCUT2D eigenvalue weighted by molar-refractivity contribution is 0.258. The van der Waals surface area contributed by atoms with E-state index < -0.39 is 0 Å². The van der Waals surface area contributed by atoms with Gasteiger partial charge in [-0.1, -0.05) is 79.7 Å². The van der Waals surface area contributed by atoms with Gasteiger partial charge in [-0.05, 0) is 23.1 Å². The minimum absolute atomic E-state index is 0.766. The van der Waals surface area contributed by atoms with Crippen molar-refractivity contribution in [3.63, 3.8) is 0 Å². The van der Waals surface area contributed by atoms with Crippen molar-refractivity contribution in [2.24, 2.45) is 4.99 Å². The monoisotopic (exact) mass is 339 g/mol. The minimum atomic E-state index is 0.766. The molecule has 0 aliphatic carbocycles. The maximum absolute atomic E-state index is 4.68. The van der Waals surface area contributed by atoms with E-state index in [9.17, 15) is 0 Å². The molecule has 1 heterocycles. The van der Waals surface area contributed by atoms with Gasteiger partial charge < -0.3 is 5.32 Å². The lowest BCUT2D eigenvalue weighted by Crippen LogP contribution is -2.41. The van der Waals surface area contributed by atoms with Crippen molar-refractivity contribution < 1.29 is 0 Å². The zero-order chi connectivity index (χ0) is 16.6. The Kier molecular flexibility index (Phi) is 6.33. The lowest BCUT2D eigenvalue weighted by atomic mass is 10.1. The van der Waals surface area contributed by atoms with Crippen LogP contribution in [0.15, 0.2) is 59.6 Å². The van der Waals surface area contributed by atoms with Crippen LogP contribution >= 0.6 is 11.8 Å². The van der Waals surface area contributed by atoms with Gasteiger partial charge in [-0.2, -0.15) is 0 Å². The zero-order valence-electron chi connectivity index (χ0n) is 14.2. The van der Waals surface area contributed by atoms with E-state index in [-0.39, 0.29) is 0 Å². The van der Waals surface area contributed by atoms with Crippen molar-refractivity contribution in [3.8, 4) is 0 Å². The van der Waals surface area contributed by atoms with E-state index in [4.69, 9.17) is 0 Å². The first-order valence-electron chi connectivity index (χ1n) is 8.58. The van der Waals surface area contributed by atoms with Gasteiger partial charge in [0.25, 0.3) is 0 Å². The Hall–Kier alpha value is -1.78. The van der Waals surface area contributed by atoms with E-state index in [2.05, 4.69) is 76.7 Å². The summed E-state index contributed by atoms with van der Waals surface area (Å²) in [6, 6.07) is 19.5. The van der Waals surface area contributed by atoms with Crippen molar-refractivity contribution in [1.82, 2.24) is 10.2 Å². The first-order valence-corrected chi connectivity index (χ1v) is 9.57. The van der Waals surface area contributed by atoms with Crippen LogP contribution in [0.1, 0.15) is 30.0 Å². The number of thioether (sulfide) groups is 1. The molecule has 126 valence electrons. The molecule has 0 aromatic heterocycles. The Labute approximate surface area is 149 Å². The van der Waals surface area contributed by atoms with Crippen molar-refractivity contribution >= 4 is 16.9 Å². The number of rotatable bonds is 6. The highest BCUT2D eigenvalue weighted by atomic mass is 32.2. The van der Waals surface area contributed by atoms with Gasteiger partial charge in [0.1, 0.15) is 0 Å². The molecule has 0 radical (unpaired) electrons. The average molecular weight is 340 g/mol. The van der Waals surface area contributed by atoms with Crippen molar-refractivity contribution in [1.29, 1.82) is 0 Å². The van der Waals surface area contributed by atoms with Gasteiger partial charge in [-0.3, -0.25) is 4.90 Å². The fourth-order valence-corrected chi connectivity index (χ4v) is 3.62. The number of nitrogens with one attached hydrogen (secondary N) is 1. The summed E-state index contributed by atoms with van der Waals surface area (Å²) < 4.78 is 0. The van der Waals surface area contributed by atoms with Gasteiger partial charge in [0.2, 0.25) is 0 Å². The number of nitrogens with zero attached hydrogens (tertiary/aromatic N) is 2. The van der Waals surface area contributed by atoms with Crippen LogP contribution in [0.2, 0.25) is 0 Å². The smallest absolute Gasteiger partial charge is 0.159 e.